The third-order valence-corrected chi connectivity index (χ3v) is 4.88. The van der Waals surface area contributed by atoms with Crippen LogP contribution in [0.3, 0.4) is 0 Å². The first-order valence-electron chi connectivity index (χ1n) is 8.87. The molecule has 2 aromatic carbocycles. The SMILES string of the molecule is COC(=O)[C@H](C)Oc1c(Br)cc(/C=C2/C(=O)NN(c3ccccc3)C2=O)cc1[N+](=O)[O-]. The number of amides is 2. The lowest BCUT2D eigenvalue weighted by molar-refractivity contribution is -0.386. The Labute approximate surface area is 184 Å². The fraction of sp³-hybridized carbons (Fsp3) is 0.150. The summed E-state index contributed by atoms with van der Waals surface area (Å²) in [5, 5.41) is 12.7. The number of nitro groups is 1. The standard InChI is InChI=1S/C20H16BrN3O7/c1-11(20(27)30-2)31-17-15(21)9-12(10-16(17)24(28)29)8-14-18(25)22-23(19(14)26)13-6-4-3-5-7-13/h3-11H,1-2H3,(H,22,25)/b14-8-/t11-/m0/s1. The van der Waals surface area contributed by atoms with Crippen molar-refractivity contribution in [1.29, 1.82) is 0 Å². The molecule has 2 aromatic rings. The van der Waals surface area contributed by atoms with Crippen molar-refractivity contribution in [3.63, 3.8) is 0 Å². The molecule has 1 atom stereocenters. The second-order valence-electron chi connectivity index (χ2n) is 6.37. The van der Waals surface area contributed by atoms with E-state index < -0.39 is 34.5 Å². The van der Waals surface area contributed by atoms with Crippen molar-refractivity contribution in [3.8, 4) is 5.75 Å². The molecule has 160 valence electrons. The van der Waals surface area contributed by atoms with Crippen LogP contribution in [0.1, 0.15) is 12.5 Å². The van der Waals surface area contributed by atoms with E-state index in [-0.39, 0.29) is 21.4 Å². The van der Waals surface area contributed by atoms with Crippen LogP contribution in [0.25, 0.3) is 6.08 Å². The highest BCUT2D eigenvalue weighted by Gasteiger charge is 2.34. The number of hydrogen-bond donors (Lipinski definition) is 1. The molecule has 1 heterocycles. The Hall–Kier alpha value is -3.73. The first kappa shape index (κ1) is 22.0. The Morgan fingerprint density at radius 1 is 1.26 bits per heavy atom. The van der Waals surface area contributed by atoms with E-state index in [4.69, 9.17) is 4.74 Å². The monoisotopic (exact) mass is 489 g/mol. The number of esters is 1. The van der Waals surface area contributed by atoms with Gasteiger partial charge in [-0.3, -0.25) is 25.1 Å². The second kappa shape index (κ2) is 8.96. The summed E-state index contributed by atoms with van der Waals surface area (Å²) in [7, 11) is 1.17. The number of hydrazine groups is 1. The number of nitrogens with zero attached hydrogens (tertiary/aromatic N) is 2. The number of carbonyl (C=O) groups excluding carboxylic acids is 3. The van der Waals surface area contributed by atoms with Gasteiger partial charge in [-0.1, -0.05) is 18.2 Å². The van der Waals surface area contributed by atoms with E-state index >= 15 is 0 Å². The summed E-state index contributed by atoms with van der Waals surface area (Å²) in [5.74, 6) is -2.14. The number of benzene rings is 2. The lowest BCUT2D eigenvalue weighted by atomic mass is 10.1. The number of nitrogens with one attached hydrogen (secondary N) is 1. The van der Waals surface area contributed by atoms with Crippen LogP contribution in [-0.4, -0.2) is 35.9 Å². The molecule has 1 saturated heterocycles. The van der Waals surface area contributed by atoms with Crippen LogP contribution in [0, 0.1) is 10.1 Å². The number of ether oxygens (including phenoxy) is 2. The summed E-state index contributed by atoms with van der Waals surface area (Å²) in [4.78, 5) is 47.5. The van der Waals surface area contributed by atoms with Crippen LogP contribution in [0.5, 0.6) is 5.75 Å². The van der Waals surface area contributed by atoms with Gasteiger partial charge in [-0.2, -0.15) is 0 Å². The largest absolute Gasteiger partial charge is 0.471 e. The maximum absolute atomic E-state index is 12.7. The minimum Gasteiger partial charge on any atom is -0.471 e. The molecule has 0 unspecified atom stereocenters. The molecule has 10 nitrogen and oxygen atoms in total. The van der Waals surface area contributed by atoms with Crippen LogP contribution >= 0.6 is 15.9 Å². The predicted molar refractivity (Wildman–Crippen MR) is 113 cm³/mol. The average molecular weight is 490 g/mol. The maximum Gasteiger partial charge on any atom is 0.346 e. The molecule has 0 aliphatic carbocycles. The molecular weight excluding hydrogens is 474 g/mol. The highest BCUT2D eigenvalue weighted by Crippen LogP contribution is 2.38. The predicted octanol–water partition coefficient (Wildman–Crippen LogP) is 2.76. The third kappa shape index (κ3) is 4.56. The third-order valence-electron chi connectivity index (χ3n) is 4.29. The number of methoxy groups -OCH3 is 1. The topological polar surface area (TPSA) is 128 Å². The summed E-state index contributed by atoms with van der Waals surface area (Å²) in [6.07, 6.45) is 0.150. The minimum absolute atomic E-state index is 0.162. The molecule has 31 heavy (non-hydrogen) atoms. The molecule has 0 saturated carbocycles. The number of carbonyl (C=O) groups is 3. The van der Waals surface area contributed by atoms with E-state index in [1.165, 1.54) is 26.2 Å². The normalized spacial score (nSPS) is 15.6. The molecule has 0 radical (unpaired) electrons. The van der Waals surface area contributed by atoms with E-state index in [1.54, 1.807) is 30.3 Å². The maximum atomic E-state index is 12.7. The number of rotatable bonds is 6. The van der Waals surface area contributed by atoms with E-state index in [1.807, 2.05) is 0 Å². The molecule has 1 aliphatic heterocycles. The van der Waals surface area contributed by atoms with Crippen molar-refractivity contribution >= 4 is 51.2 Å². The summed E-state index contributed by atoms with van der Waals surface area (Å²) in [6, 6.07) is 11.1. The highest BCUT2D eigenvalue weighted by molar-refractivity contribution is 9.10. The van der Waals surface area contributed by atoms with Crippen molar-refractivity contribution in [2.75, 3.05) is 12.1 Å². The average Bonchev–Trinajstić information content (AvgIpc) is 3.03. The van der Waals surface area contributed by atoms with Crippen molar-refractivity contribution in [1.82, 2.24) is 5.43 Å². The van der Waals surface area contributed by atoms with Gasteiger partial charge in [-0.15, -0.1) is 0 Å². The van der Waals surface area contributed by atoms with Gasteiger partial charge < -0.3 is 9.47 Å². The van der Waals surface area contributed by atoms with Gasteiger partial charge in [-0.25, -0.2) is 9.80 Å². The van der Waals surface area contributed by atoms with E-state index in [0.717, 1.165) is 11.1 Å². The fourth-order valence-corrected chi connectivity index (χ4v) is 3.37. The van der Waals surface area contributed by atoms with Gasteiger partial charge in [0.05, 0.1) is 22.2 Å². The summed E-state index contributed by atoms with van der Waals surface area (Å²) in [5.41, 5.74) is 2.49. The molecule has 11 heteroatoms. The zero-order chi connectivity index (χ0) is 22.7. The Morgan fingerprint density at radius 2 is 1.94 bits per heavy atom. The second-order valence-corrected chi connectivity index (χ2v) is 7.22. The van der Waals surface area contributed by atoms with Crippen LogP contribution in [0.15, 0.2) is 52.5 Å². The molecule has 1 fully saturated rings. The molecule has 2 amide bonds. The van der Waals surface area contributed by atoms with Crippen molar-refractivity contribution in [2.24, 2.45) is 0 Å². The number of nitro benzene ring substituents is 1. The summed E-state index contributed by atoms with van der Waals surface area (Å²) >= 11 is 3.19. The first-order valence-corrected chi connectivity index (χ1v) is 9.66. The van der Waals surface area contributed by atoms with Gasteiger partial charge in [0.15, 0.2) is 6.10 Å². The van der Waals surface area contributed by atoms with E-state index in [2.05, 4.69) is 26.1 Å². The molecule has 0 bridgehead atoms. The van der Waals surface area contributed by atoms with E-state index in [0.29, 0.717) is 5.69 Å². The van der Waals surface area contributed by atoms with Gasteiger partial charge in [0.1, 0.15) is 5.57 Å². The highest BCUT2D eigenvalue weighted by atomic mass is 79.9. The van der Waals surface area contributed by atoms with Gasteiger partial charge in [-0.05, 0) is 52.7 Å². The summed E-state index contributed by atoms with van der Waals surface area (Å²) < 4.78 is 10.1. The Kier molecular flexibility index (Phi) is 6.35. The quantitative estimate of drug-likeness (QED) is 0.217. The zero-order valence-corrected chi connectivity index (χ0v) is 17.9. The van der Waals surface area contributed by atoms with Gasteiger partial charge >= 0.3 is 11.7 Å². The Balaban J connectivity index is 1.97. The lowest BCUT2D eigenvalue weighted by Gasteiger charge is -2.14. The van der Waals surface area contributed by atoms with Crippen molar-refractivity contribution in [3.05, 3.63) is 68.2 Å². The minimum atomic E-state index is -1.09. The van der Waals surface area contributed by atoms with Gasteiger partial charge in [0.25, 0.3) is 11.8 Å². The van der Waals surface area contributed by atoms with Gasteiger partial charge in [0.2, 0.25) is 5.75 Å². The van der Waals surface area contributed by atoms with Gasteiger partial charge in [0, 0.05) is 6.07 Å². The number of para-hydroxylation sites is 1. The molecule has 1 N–H and O–H groups in total. The first-order chi connectivity index (χ1) is 14.7. The molecular formula is C20H16BrN3O7. The molecule has 0 spiro atoms. The molecule has 0 aromatic heterocycles. The molecule has 1 aliphatic rings. The number of hydrogen-bond acceptors (Lipinski definition) is 7. The molecule has 3 rings (SSSR count). The van der Waals surface area contributed by atoms with Crippen LogP contribution in [0.2, 0.25) is 0 Å². The van der Waals surface area contributed by atoms with E-state index in [9.17, 15) is 24.5 Å². The smallest absolute Gasteiger partial charge is 0.346 e. The summed E-state index contributed by atoms with van der Waals surface area (Å²) in [6.45, 7) is 1.39. The van der Waals surface area contributed by atoms with Crippen molar-refractivity contribution < 1.29 is 28.8 Å². The Morgan fingerprint density at radius 3 is 2.55 bits per heavy atom. The number of anilines is 1. The van der Waals surface area contributed by atoms with Crippen LogP contribution in [-0.2, 0) is 19.1 Å². The zero-order valence-electron chi connectivity index (χ0n) is 16.3. The Bertz CT molecular complexity index is 1100. The van der Waals surface area contributed by atoms with Crippen LogP contribution in [0.4, 0.5) is 11.4 Å². The van der Waals surface area contributed by atoms with Crippen LogP contribution < -0.4 is 15.2 Å². The van der Waals surface area contributed by atoms with Crippen molar-refractivity contribution in [2.45, 2.75) is 13.0 Å². The number of halogens is 1. The fourth-order valence-electron chi connectivity index (χ4n) is 2.81. The lowest BCUT2D eigenvalue weighted by Crippen LogP contribution is -2.35.